The summed E-state index contributed by atoms with van der Waals surface area (Å²) < 4.78 is 33.1. The second-order valence-corrected chi connectivity index (χ2v) is 10.4. The second kappa shape index (κ2) is 15.9. The lowest BCUT2D eigenvalue weighted by Crippen LogP contribution is -2.08. The average molecular weight is 439 g/mol. The predicted molar refractivity (Wildman–Crippen MR) is 129 cm³/mol. The van der Waals surface area contributed by atoms with Crippen LogP contribution in [-0.2, 0) is 16.5 Å². The van der Waals surface area contributed by atoms with Crippen molar-refractivity contribution in [3.05, 3.63) is 28.8 Å². The maximum Gasteiger partial charge on any atom is 0.295 e. The maximum absolute atomic E-state index is 11.8. The van der Waals surface area contributed by atoms with Crippen LogP contribution >= 0.6 is 0 Å². The van der Waals surface area contributed by atoms with Crippen molar-refractivity contribution < 1.29 is 13.0 Å². The zero-order valence-corrected chi connectivity index (χ0v) is 20.7. The number of rotatable bonds is 18. The molecule has 1 rings (SSSR count). The van der Waals surface area contributed by atoms with Crippen molar-refractivity contribution in [1.82, 2.24) is 0 Å². The lowest BCUT2D eigenvalue weighted by molar-refractivity contribution is 0.480. The summed E-state index contributed by atoms with van der Waals surface area (Å²) in [5.74, 6) is 0. The summed E-state index contributed by atoms with van der Waals surface area (Å²) in [4.78, 5) is 0.128. The van der Waals surface area contributed by atoms with E-state index in [2.05, 4.69) is 6.92 Å². The number of unbranched alkanes of at least 4 members (excludes halogenated alkanes) is 15. The van der Waals surface area contributed by atoms with E-state index in [0.717, 1.165) is 30.4 Å². The molecule has 0 aromatic heterocycles. The Labute approximate surface area is 186 Å². The molecule has 1 N–H and O–H groups in total. The Morgan fingerprint density at radius 1 is 0.633 bits per heavy atom. The lowest BCUT2D eigenvalue weighted by atomic mass is 9.99. The molecule has 0 saturated carbocycles. The van der Waals surface area contributed by atoms with Gasteiger partial charge in [-0.05, 0) is 43.4 Å². The lowest BCUT2D eigenvalue weighted by Gasteiger charge is -2.13. The molecule has 0 spiro atoms. The molecule has 3 nitrogen and oxygen atoms in total. The monoisotopic (exact) mass is 438 g/mol. The quantitative estimate of drug-likeness (QED) is 0.185. The average Bonchev–Trinajstić information content (AvgIpc) is 2.69. The van der Waals surface area contributed by atoms with Crippen molar-refractivity contribution in [3.8, 4) is 0 Å². The van der Waals surface area contributed by atoms with Crippen molar-refractivity contribution in [2.75, 3.05) is 0 Å². The summed E-state index contributed by atoms with van der Waals surface area (Å²) in [6.45, 7) is 5.95. The molecular formula is C26H46O3S. The first-order chi connectivity index (χ1) is 14.4. The van der Waals surface area contributed by atoms with Crippen LogP contribution in [0.3, 0.4) is 0 Å². The van der Waals surface area contributed by atoms with Gasteiger partial charge in [0.1, 0.15) is 4.90 Å². The summed E-state index contributed by atoms with van der Waals surface area (Å²) >= 11 is 0. The topological polar surface area (TPSA) is 54.4 Å². The third-order valence-electron chi connectivity index (χ3n) is 6.23. The predicted octanol–water partition coefficient (Wildman–Crippen LogP) is 8.35. The first-order valence-electron chi connectivity index (χ1n) is 12.4. The highest BCUT2D eigenvalue weighted by atomic mass is 32.2. The van der Waals surface area contributed by atoms with Crippen molar-refractivity contribution in [2.24, 2.45) is 0 Å². The SMILES string of the molecule is CCCCCCCCCCCCCCCCCCc1c(C)ccc(C)c1S(=O)(=O)O. The van der Waals surface area contributed by atoms with Crippen molar-refractivity contribution in [2.45, 2.75) is 135 Å². The van der Waals surface area contributed by atoms with Gasteiger partial charge in [-0.25, -0.2) is 0 Å². The van der Waals surface area contributed by atoms with Crippen LogP contribution in [0.2, 0.25) is 0 Å². The third-order valence-corrected chi connectivity index (χ3v) is 7.31. The van der Waals surface area contributed by atoms with Gasteiger partial charge < -0.3 is 0 Å². The second-order valence-electron chi connectivity index (χ2n) is 9.04. The van der Waals surface area contributed by atoms with E-state index in [1.165, 1.54) is 89.9 Å². The van der Waals surface area contributed by atoms with Crippen molar-refractivity contribution >= 4 is 10.1 Å². The number of aryl methyl sites for hydroxylation is 2. The van der Waals surface area contributed by atoms with Gasteiger partial charge in [0, 0.05) is 0 Å². The molecule has 0 amide bonds. The zero-order chi connectivity index (χ0) is 22.2. The highest BCUT2D eigenvalue weighted by Crippen LogP contribution is 2.25. The van der Waals surface area contributed by atoms with Gasteiger partial charge in [0.05, 0.1) is 0 Å². The van der Waals surface area contributed by atoms with Crippen LogP contribution < -0.4 is 0 Å². The summed E-state index contributed by atoms with van der Waals surface area (Å²) in [7, 11) is -4.16. The first kappa shape index (κ1) is 27.2. The molecule has 0 aliphatic rings. The van der Waals surface area contributed by atoms with Crippen LogP contribution in [0.4, 0.5) is 0 Å². The fourth-order valence-corrected chi connectivity index (χ4v) is 5.41. The van der Waals surface area contributed by atoms with Crippen LogP contribution in [0.25, 0.3) is 0 Å². The molecule has 0 unspecified atom stereocenters. The number of hydrogen-bond donors (Lipinski definition) is 1. The summed E-state index contributed by atoms with van der Waals surface area (Å²) in [5.41, 5.74) is 2.38. The molecule has 1 aromatic rings. The third kappa shape index (κ3) is 11.5. The highest BCUT2D eigenvalue weighted by molar-refractivity contribution is 7.86. The molecule has 174 valence electrons. The molecule has 0 aliphatic carbocycles. The largest absolute Gasteiger partial charge is 0.295 e. The molecule has 0 atom stereocenters. The first-order valence-corrected chi connectivity index (χ1v) is 13.9. The standard InChI is InChI=1S/C26H46O3S/c1-4-5-6-7-8-9-10-11-12-13-14-15-16-17-18-19-20-25-23(2)21-22-24(3)26(25)30(27,28)29/h21-22H,4-20H2,1-3H3,(H,27,28,29). The molecule has 0 fully saturated rings. The van der Waals surface area contributed by atoms with Crippen molar-refractivity contribution in [1.29, 1.82) is 0 Å². The Hall–Kier alpha value is -0.870. The smallest absolute Gasteiger partial charge is 0.282 e. The molecule has 0 saturated heterocycles. The van der Waals surface area contributed by atoms with Gasteiger partial charge >= 0.3 is 0 Å². The van der Waals surface area contributed by atoms with Crippen LogP contribution in [-0.4, -0.2) is 13.0 Å². The minimum absolute atomic E-state index is 0.128. The molecule has 1 aromatic carbocycles. The fraction of sp³-hybridized carbons (Fsp3) is 0.769. The molecule has 0 bridgehead atoms. The van der Waals surface area contributed by atoms with E-state index in [1.54, 1.807) is 13.0 Å². The van der Waals surface area contributed by atoms with Crippen LogP contribution in [0.1, 0.15) is 126 Å². The van der Waals surface area contributed by atoms with E-state index >= 15 is 0 Å². The normalized spacial score (nSPS) is 11.9. The van der Waals surface area contributed by atoms with Gasteiger partial charge in [0.2, 0.25) is 0 Å². The van der Waals surface area contributed by atoms with E-state index in [0.29, 0.717) is 5.56 Å². The van der Waals surface area contributed by atoms with E-state index in [-0.39, 0.29) is 4.90 Å². The van der Waals surface area contributed by atoms with Gasteiger partial charge in [-0.1, -0.05) is 115 Å². The van der Waals surface area contributed by atoms with Gasteiger partial charge in [-0.3, -0.25) is 4.55 Å². The van der Waals surface area contributed by atoms with Crippen LogP contribution in [0, 0.1) is 13.8 Å². The van der Waals surface area contributed by atoms with E-state index in [1.807, 2.05) is 13.0 Å². The highest BCUT2D eigenvalue weighted by Gasteiger charge is 2.19. The summed E-state index contributed by atoms with van der Waals surface area (Å²) in [6, 6.07) is 3.72. The Morgan fingerprint density at radius 2 is 1.00 bits per heavy atom. The fourth-order valence-electron chi connectivity index (χ4n) is 4.36. The van der Waals surface area contributed by atoms with E-state index < -0.39 is 10.1 Å². The summed E-state index contributed by atoms with van der Waals surface area (Å²) in [6.07, 6.45) is 22.0. The Morgan fingerprint density at radius 3 is 1.40 bits per heavy atom. The number of hydrogen-bond acceptors (Lipinski definition) is 2. The van der Waals surface area contributed by atoms with Gasteiger partial charge in [0.25, 0.3) is 10.1 Å². The minimum Gasteiger partial charge on any atom is -0.282 e. The van der Waals surface area contributed by atoms with E-state index in [9.17, 15) is 13.0 Å². The molecule has 0 radical (unpaired) electrons. The minimum atomic E-state index is -4.16. The maximum atomic E-state index is 11.8. The van der Waals surface area contributed by atoms with Gasteiger partial charge in [-0.2, -0.15) is 8.42 Å². The summed E-state index contributed by atoms with van der Waals surface area (Å²) in [5, 5.41) is 0. The van der Waals surface area contributed by atoms with Gasteiger partial charge in [-0.15, -0.1) is 0 Å². The Bertz CT molecular complexity index is 680. The van der Waals surface area contributed by atoms with Crippen LogP contribution in [0.5, 0.6) is 0 Å². The Balaban J connectivity index is 2.05. The van der Waals surface area contributed by atoms with Crippen LogP contribution in [0.15, 0.2) is 17.0 Å². The molecular weight excluding hydrogens is 392 g/mol. The Kier molecular flexibility index (Phi) is 14.4. The van der Waals surface area contributed by atoms with Gasteiger partial charge in [0.15, 0.2) is 0 Å². The molecule has 0 aliphatic heterocycles. The molecule has 4 heteroatoms. The molecule has 30 heavy (non-hydrogen) atoms. The van der Waals surface area contributed by atoms with E-state index in [4.69, 9.17) is 0 Å². The molecule has 0 heterocycles. The number of benzene rings is 1. The van der Waals surface area contributed by atoms with Crippen molar-refractivity contribution in [3.63, 3.8) is 0 Å². The zero-order valence-electron chi connectivity index (χ0n) is 19.8.